The summed E-state index contributed by atoms with van der Waals surface area (Å²) in [5.41, 5.74) is 2.05. The van der Waals surface area contributed by atoms with Crippen LogP contribution in [0.25, 0.3) is 0 Å². The first-order valence-electron chi connectivity index (χ1n) is 6.66. The van der Waals surface area contributed by atoms with Crippen LogP contribution < -0.4 is 10.9 Å². The highest BCUT2D eigenvalue weighted by Crippen LogP contribution is 2.14. The number of nitrogens with one attached hydrogen (secondary N) is 3. The average Bonchev–Trinajstić information content (AvgIpc) is 2.44. The molecule has 0 aliphatic heterocycles. The molecule has 1 heterocycles. The van der Waals surface area contributed by atoms with Crippen LogP contribution in [-0.2, 0) is 6.54 Å². The molecule has 0 fully saturated rings. The third-order valence-corrected chi connectivity index (χ3v) is 3.30. The molecular weight excluding hydrogens is 286 g/mol. The predicted molar refractivity (Wildman–Crippen MR) is 83.9 cm³/mol. The highest BCUT2D eigenvalue weighted by Gasteiger charge is 2.06. The molecule has 0 atom stereocenters. The Morgan fingerprint density at radius 1 is 1.24 bits per heavy atom. The summed E-state index contributed by atoms with van der Waals surface area (Å²) >= 11 is 4.88. The predicted octanol–water partition coefficient (Wildman–Crippen LogP) is 2.49. The summed E-state index contributed by atoms with van der Waals surface area (Å²) in [5, 5.41) is 2.75. The second kappa shape index (κ2) is 6.49. The first-order valence-corrected chi connectivity index (χ1v) is 7.07. The Kier molecular flexibility index (Phi) is 4.70. The molecule has 0 radical (unpaired) electrons. The van der Waals surface area contributed by atoms with E-state index >= 15 is 0 Å². The Morgan fingerprint density at radius 2 is 1.90 bits per heavy atom. The zero-order valence-electron chi connectivity index (χ0n) is 11.9. The lowest BCUT2D eigenvalue weighted by Gasteiger charge is -2.08. The van der Waals surface area contributed by atoms with Crippen molar-refractivity contribution in [3.63, 3.8) is 0 Å². The minimum absolute atomic E-state index is 0.190. The molecular formula is C15H17N3O2S. The quantitative estimate of drug-likeness (QED) is 0.759. The minimum Gasteiger partial charge on any atom is -0.346 e. The first-order chi connectivity index (χ1) is 9.95. The van der Waals surface area contributed by atoms with Crippen LogP contribution >= 0.6 is 12.2 Å². The van der Waals surface area contributed by atoms with Gasteiger partial charge in [0.2, 0.25) is 0 Å². The van der Waals surface area contributed by atoms with E-state index in [0.29, 0.717) is 17.2 Å². The minimum atomic E-state index is -0.288. The second-order valence-corrected chi connectivity index (χ2v) is 5.48. The van der Waals surface area contributed by atoms with Crippen molar-refractivity contribution in [3.8, 4) is 0 Å². The van der Waals surface area contributed by atoms with E-state index in [1.807, 2.05) is 12.1 Å². The molecule has 0 unspecified atom stereocenters. The molecule has 0 aliphatic rings. The fraction of sp³-hybridized carbons (Fsp3) is 0.267. The van der Waals surface area contributed by atoms with Gasteiger partial charge in [-0.1, -0.05) is 26.0 Å². The third kappa shape index (κ3) is 4.13. The van der Waals surface area contributed by atoms with Crippen LogP contribution in [0.2, 0.25) is 0 Å². The van der Waals surface area contributed by atoms with E-state index in [-0.39, 0.29) is 22.8 Å². The summed E-state index contributed by atoms with van der Waals surface area (Å²) in [7, 11) is 0. The zero-order valence-corrected chi connectivity index (χ0v) is 12.7. The highest BCUT2D eigenvalue weighted by molar-refractivity contribution is 7.71. The summed E-state index contributed by atoms with van der Waals surface area (Å²) in [6.45, 7) is 4.42. The topological polar surface area (TPSA) is 77.8 Å². The van der Waals surface area contributed by atoms with Crippen LogP contribution in [0.5, 0.6) is 0 Å². The van der Waals surface area contributed by atoms with Crippen LogP contribution in [-0.4, -0.2) is 15.9 Å². The summed E-state index contributed by atoms with van der Waals surface area (Å²) < 4.78 is 0.244. The molecule has 2 aromatic rings. The van der Waals surface area contributed by atoms with Gasteiger partial charge in [-0.15, -0.1) is 0 Å². The van der Waals surface area contributed by atoms with Gasteiger partial charge in [0, 0.05) is 17.3 Å². The maximum Gasteiger partial charge on any atom is 0.251 e. The molecule has 0 aliphatic carbocycles. The molecule has 2 rings (SSSR count). The van der Waals surface area contributed by atoms with Crippen molar-refractivity contribution >= 4 is 18.1 Å². The fourth-order valence-corrected chi connectivity index (χ4v) is 2.14. The number of carbonyl (C=O) groups is 1. The fourth-order valence-electron chi connectivity index (χ4n) is 1.91. The Hall–Kier alpha value is -2.21. The van der Waals surface area contributed by atoms with Gasteiger partial charge in [0.05, 0.1) is 6.54 Å². The van der Waals surface area contributed by atoms with Gasteiger partial charge in [-0.25, -0.2) is 0 Å². The van der Waals surface area contributed by atoms with Gasteiger partial charge in [0.15, 0.2) is 4.77 Å². The lowest BCUT2D eigenvalue weighted by Crippen LogP contribution is -2.24. The molecule has 21 heavy (non-hydrogen) atoms. The maximum atomic E-state index is 12.0. The SMILES string of the molecule is CC(C)c1ccc(C(=O)NCc2cc(=O)[nH]c(=S)[nH]2)cc1. The number of rotatable bonds is 4. The maximum absolute atomic E-state index is 12.0. The monoisotopic (exact) mass is 303 g/mol. The van der Waals surface area contributed by atoms with Gasteiger partial charge in [-0.05, 0) is 35.8 Å². The average molecular weight is 303 g/mol. The van der Waals surface area contributed by atoms with E-state index in [1.165, 1.54) is 11.6 Å². The van der Waals surface area contributed by atoms with E-state index < -0.39 is 0 Å². The van der Waals surface area contributed by atoms with Gasteiger partial charge in [-0.3, -0.25) is 14.6 Å². The molecule has 0 bridgehead atoms. The molecule has 110 valence electrons. The van der Waals surface area contributed by atoms with Crippen molar-refractivity contribution in [1.82, 2.24) is 15.3 Å². The van der Waals surface area contributed by atoms with Crippen molar-refractivity contribution in [3.05, 3.63) is 62.3 Å². The normalized spacial score (nSPS) is 10.6. The van der Waals surface area contributed by atoms with Crippen LogP contribution in [0.4, 0.5) is 0 Å². The molecule has 0 spiro atoms. The van der Waals surface area contributed by atoms with E-state index in [0.717, 1.165) is 0 Å². The van der Waals surface area contributed by atoms with Crippen molar-refractivity contribution in [2.45, 2.75) is 26.3 Å². The Bertz CT molecular complexity index is 716. The summed E-state index contributed by atoms with van der Waals surface area (Å²) in [6, 6.07) is 8.86. The molecule has 6 heteroatoms. The summed E-state index contributed by atoms with van der Waals surface area (Å²) in [4.78, 5) is 28.6. The standard InChI is InChI=1S/C15H17N3O2S/c1-9(2)10-3-5-11(6-4-10)14(20)16-8-12-7-13(19)18-15(21)17-12/h3-7,9H,8H2,1-2H3,(H,16,20)(H2,17,18,19,21). The molecule has 5 nitrogen and oxygen atoms in total. The van der Waals surface area contributed by atoms with E-state index in [9.17, 15) is 9.59 Å². The first kappa shape index (κ1) is 15.2. The van der Waals surface area contributed by atoms with E-state index in [2.05, 4.69) is 29.1 Å². The number of amides is 1. The zero-order chi connectivity index (χ0) is 15.4. The summed E-state index contributed by atoms with van der Waals surface area (Å²) in [5.74, 6) is 0.239. The van der Waals surface area contributed by atoms with Crippen molar-refractivity contribution < 1.29 is 4.79 Å². The van der Waals surface area contributed by atoms with Gasteiger partial charge in [-0.2, -0.15) is 0 Å². The number of aromatic amines is 2. The van der Waals surface area contributed by atoms with Crippen molar-refractivity contribution in [2.24, 2.45) is 0 Å². The van der Waals surface area contributed by atoms with Gasteiger partial charge in [0.1, 0.15) is 0 Å². The number of hydrogen-bond donors (Lipinski definition) is 3. The van der Waals surface area contributed by atoms with Gasteiger partial charge < -0.3 is 10.3 Å². The van der Waals surface area contributed by atoms with E-state index in [4.69, 9.17) is 12.2 Å². The van der Waals surface area contributed by atoms with Gasteiger partial charge >= 0.3 is 0 Å². The number of carbonyl (C=O) groups excluding carboxylic acids is 1. The second-order valence-electron chi connectivity index (χ2n) is 5.07. The van der Waals surface area contributed by atoms with Crippen LogP contribution in [0, 0.1) is 4.77 Å². The molecule has 1 aromatic carbocycles. The Morgan fingerprint density at radius 3 is 2.48 bits per heavy atom. The van der Waals surface area contributed by atoms with Crippen LogP contribution in [0.15, 0.2) is 35.1 Å². The number of hydrogen-bond acceptors (Lipinski definition) is 3. The molecule has 1 aromatic heterocycles. The molecule has 1 amide bonds. The number of aromatic nitrogens is 2. The Labute approximate surface area is 127 Å². The molecule has 0 saturated carbocycles. The lowest BCUT2D eigenvalue weighted by atomic mass is 10.0. The van der Waals surface area contributed by atoms with Gasteiger partial charge in [0.25, 0.3) is 11.5 Å². The highest BCUT2D eigenvalue weighted by atomic mass is 32.1. The largest absolute Gasteiger partial charge is 0.346 e. The summed E-state index contributed by atoms with van der Waals surface area (Å²) in [6.07, 6.45) is 0. The third-order valence-electron chi connectivity index (χ3n) is 3.10. The Balaban J connectivity index is 2.04. The lowest BCUT2D eigenvalue weighted by molar-refractivity contribution is 0.0950. The molecule has 0 saturated heterocycles. The van der Waals surface area contributed by atoms with Crippen molar-refractivity contribution in [1.29, 1.82) is 0 Å². The number of benzene rings is 1. The van der Waals surface area contributed by atoms with Crippen molar-refractivity contribution in [2.75, 3.05) is 0 Å². The van der Waals surface area contributed by atoms with Crippen LogP contribution in [0.3, 0.4) is 0 Å². The molecule has 3 N–H and O–H groups in total. The number of H-pyrrole nitrogens is 2. The van der Waals surface area contributed by atoms with E-state index in [1.54, 1.807) is 12.1 Å². The smallest absolute Gasteiger partial charge is 0.251 e. The van der Waals surface area contributed by atoms with Crippen LogP contribution in [0.1, 0.15) is 41.4 Å².